The predicted octanol–water partition coefficient (Wildman–Crippen LogP) is 3.57. The number of carbonyl (C=O) groups is 1. The zero-order chi connectivity index (χ0) is 18.0. The van der Waals surface area contributed by atoms with Crippen molar-refractivity contribution in [2.45, 2.75) is 26.8 Å². The first-order valence-electron chi connectivity index (χ1n) is 8.26. The van der Waals surface area contributed by atoms with Crippen molar-refractivity contribution in [1.29, 1.82) is 0 Å². The summed E-state index contributed by atoms with van der Waals surface area (Å²) >= 11 is 0. The first-order valence-corrected chi connectivity index (χ1v) is 8.26. The maximum Gasteiger partial charge on any atom is 0.338 e. The molecule has 0 fully saturated rings. The summed E-state index contributed by atoms with van der Waals surface area (Å²) in [6.07, 6.45) is 0.784. The smallest absolute Gasteiger partial charge is 0.338 e. The van der Waals surface area contributed by atoms with Crippen molar-refractivity contribution in [3.05, 3.63) is 63.9 Å². The van der Waals surface area contributed by atoms with E-state index in [0.717, 1.165) is 12.0 Å². The van der Waals surface area contributed by atoms with Gasteiger partial charge in [-0.25, -0.2) is 9.78 Å². The summed E-state index contributed by atoms with van der Waals surface area (Å²) in [5.41, 5.74) is 2.45. The fourth-order valence-corrected chi connectivity index (χ4v) is 3.03. The minimum absolute atomic E-state index is 0.0958. The standard InChI is InChI=1S/C20H20N2O3/c1-4-12-22-18(21-16-11-6-5-9-14(16)19(22)23)17-13(2)8-7-10-15(17)20(24)25-3/h5-11H,4,12H2,1-3H3. The SMILES string of the molecule is CCCn1c(-c2c(C)cccc2C(=O)OC)nc2ccccc2c1=O. The minimum atomic E-state index is -0.441. The van der Waals surface area contributed by atoms with Gasteiger partial charge >= 0.3 is 5.97 Å². The minimum Gasteiger partial charge on any atom is -0.465 e. The van der Waals surface area contributed by atoms with Gasteiger partial charge in [-0.2, -0.15) is 0 Å². The number of rotatable bonds is 4. The fraction of sp³-hybridized carbons (Fsp3) is 0.250. The van der Waals surface area contributed by atoms with Gasteiger partial charge in [-0.15, -0.1) is 0 Å². The maximum atomic E-state index is 13.0. The molecular weight excluding hydrogens is 316 g/mol. The number of methoxy groups -OCH3 is 1. The van der Waals surface area contributed by atoms with Gasteiger partial charge in [-0.05, 0) is 37.1 Å². The van der Waals surface area contributed by atoms with Crippen LogP contribution in [0.4, 0.5) is 0 Å². The van der Waals surface area contributed by atoms with Crippen LogP contribution in [0.1, 0.15) is 29.3 Å². The lowest BCUT2D eigenvalue weighted by Crippen LogP contribution is -2.24. The average molecular weight is 336 g/mol. The maximum absolute atomic E-state index is 13.0. The second-order valence-corrected chi connectivity index (χ2v) is 5.90. The van der Waals surface area contributed by atoms with Gasteiger partial charge in [0.05, 0.1) is 23.6 Å². The third-order valence-corrected chi connectivity index (χ3v) is 4.21. The number of nitrogens with zero attached hydrogens (tertiary/aromatic N) is 2. The van der Waals surface area contributed by atoms with Crippen LogP contribution in [-0.4, -0.2) is 22.6 Å². The molecule has 3 aromatic rings. The Labute approximate surface area is 145 Å². The molecule has 0 aliphatic heterocycles. The molecule has 0 spiro atoms. The van der Waals surface area contributed by atoms with E-state index in [0.29, 0.717) is 34.4 Å². The van der Waals surface area contributed by atoms with Gasteiger partial charge in [0.15, 0.2) is 0 Å². The number of hydrogen-bond donors (Lipinski definition) is 0. The summed E-state index contributed by atoms with van der Waals surface area (Å²) in [5, 5.41) is 0.577. The first-order chi connectivity index (χ1) is 12.1. The van der Waals surface area contributed by atoms with Crippen LogP contribution >= 0.6 is 0 Å². The van der Waals surface area contributed by atoms with E-state index in [1.807, 2.05) is 38.1 Å². The van der Waals surface area contributed by atoms with Crippen molar-refractivity contribution in [1.82, 2.24) is 9.55 Å². The lowest BCUT2D eigenvalue weighted by atomic mass is 10.0. The molecule has 128 valence electrons. The van der Waals surface area contributed by atoms with E-state index in [9.17, 15) is 9.59 Å². The number of esters is 1. The zero-order valence-electron chi connectivity index (χ0n) is 14.6. The van der Waals surface area contributed by atoms with E-state index in [4.69, 9.17) is 9.72 Å². The van der Waals surface area contributed by atoms with Gasteiger partial charge in [-0.3, -0.25) is 9.36 Å². The Bertz CT molecular complexity index is 1010. The van der Waals surface area contributed by atoms with Crippen LogP contribution in [0.2, 0.25) is 0 Å². The van der Waals surface area contributed by atoms with Gasteiger partial charge in [0.25, 0.3) is 5.56 Å². The third kappa shape index (κ3) is 2.93. The molecule has 0 unspecified atom stereocenters. The second-order valence-electron chi connectivity index (χ2n) is 5.90. The summed E-state index contributed by atoms with van der Waals surface area (Å²) in [6.45, 7) is 4.44. The number of aromatic nitrogens is 2. The second kappa shape index (κ2) is 6.89. The van der Waals surface area contributed by atoms with Crippen molar-refractivity contribution in [2.24, 2.45) is 0 Å². The number of para-hydroxylation sites is 1. The van der Waals surface area contributed by atoms with Crippen molar-refractivity contribution in [2.75, 3.05) is 7.11 Å². The molecule has 25 heavy (non-hydrogen) atoms. The molecule has 0 amide bonds. The largest absolute Gasteiger partial charge is 0.465 e. The fourth-order valence-electron chi connectivity index (χ4n) is 3.03. The summed E-state index contributed by atoms with van der Waals surface area (Å²) in [4.78, 5) is 29.9. The number of fused-ring (bicyclic) bond motifs is 1. The molecule has 5 nitrogen and oxygen atoms in total. The summed E-state index contributed by atoms with van der Waals surface area (Å²) in [5.74, 6) is 0.0632. The van der Waals surface area contributed by atoms with Gasteiger partial charge in [0.1, 0.15) is 5.82 Å². The zero-order valence-corrected chi connectivity index (χ0v) is 14.6. The van der Waals surface area contributed by atoms with Gasteiger partial charge in [0, 0.05) is 12.1 Å². The molecule has 2 aromatic carbocycles. The average Bonchev–Trinajstić information content (AvgIpc) is 2.63. The molecule has 0 radical (unpaired) electrons. The van der Waals surface area contributed by atoms with E-state index in [1.165, 1.54) is 7.11 Å². The normalized spacial score (nSPS) is 10.8. The molecule has 1 heterocycles. The highest BCUT2D eigenvalue weighted by atomic mass is 16.5. The highest BCUT2D eigenvalue weighted by molar-refractivity contribution is 5.97. The van der Waals surface area contributed by atoms with Crippen LogP contribution in [0.25, 0.3) is 22.3 Å². The highest BCUT2D eigenvalue weighted by Gasteiger charge is 2.20. The molecule has 0 aliphatic carbocycles. The molecule has 5 heteroatoms. The quantitative estimate of drug-likeness (QED) is 0.683. The predicted molar refractivity (Wildman–Crippen MR) is 97.8 cm³/mol. The van der Waals surface area contributed by atoms with E-state index >= 15 is 0 Å². The monoisotopic (exact) mass is 336 g/mol. The number of carbonyl (C=O) groups excluding carboxylic acids is 1. The first kappa shape index (κ1) is 16.9. The molecule has 0 aliphatic rings. The van der Waals surface area contributed by atoms with E-state index in [-0.39, 0.29) is 5.56 Å². The van der Waals surface area contributed by atoms with Crippen LogP contribution in [-0.2, 0) is 11.3 Å². The van der Waals surface area contributed by atoms with E-state index < -0.39 is 5.97 Å². The van der Waals surface area contributed by atoms with Gasteiger partial charge in [0.2, 0.25) is 0 Å². The van der Waals surface area contributed by atoms with Crippen molar-refractivity contribution in [3.8, 4) is 11.4 Å². The van der Waals surface area contributed by atoms with Crippen LogP contribution in [0, 0.1) is 6.92 Å². The van der Waals surface area contributed by atoms with Crippen molar-refractivity contribution >= 4 is 16.9 Å². The molecule has 3 rings (SSSR count). The molecule has 0 atom stereocenters. The Hall–Kier alpha value is -2.95. The van der Waals surface area contributed by atoms with E-state index in [1.54, 1.807) is 22.8 Å². The molecular formula is C20H20N2O3. The number of hydrogen-bond acceptors (Lipinski definition) is 4. The summed E-state index contributed by atoms with van der Waals surface area (Å²) in [7, 11) is 1.35. The van der Waals surface area contributed by atoms with E-state index in [2.05, 4.69) is 0 Å². The Morgan fingerprint density at radius 3 is 2.64 bits per heavy atom. The lowest BCUT2D eigenvalue weighted by Gasteiger charge is -2.17. The number of aryl methyl sites for hydroxylation is 1. The van der Waals surface area contributed by atoms with Gasteiger partial charge < -0.3 is 4.74 Å². The molecule has 0 saturated heterocycles. The topological polar surface area (TPSA) is 61.2 Å². The van der Waals surface area contributed by atoms with Crippen LogP contribution in [0.15, 0.2) is 47.3 Å². The third-order valence-electron chi connectivity index (χ3n) is 4.21. The van der Waals surface area contributed by atoms with Crippen LogP contribution < -0.4 is 5.56 Å². The molecule has 0 bridgehead atoms. The number of benzene rings is 2. The van der Waals surface area contributed by atoms with Gasteiger partial charge in [-0.1, -0.05) is 31.2 Å². The van der Waals surface area contributed by atoms with Crippen molar-refractivity contribution in [3.63, 3.8) is 0 Å². The molecule has 0 saturated carbocycles. The highest BCUT2D eigenvalue weighted by Crippen LogP contribution is 2.27. The Kier molecular flexibility index (Phi) is 4.65. The summed E-state index contributed by atoms with van der Waals surface area (Å²) < 4.78 is 6.57. The Morgan fingerprint density at radius 1 is 1.16 bits per heavy atom. The number of ether oxygens (including phenoxy) is 1. The molecule has 0 N–H and O–H groups in total. The molecule has 1 aromatic heterocycles. The Morgan fingerprint density at radius 2 is 1.92 bits per heavy atom. The van der Waals surface area contributed by atoms with Crippen molar-refractivity contribution < 1.29 is 9.53 Å². The van der Waals surface area contributed by atoms with Crippen LogP contribution in [0.5, 0.6) is 0 Å². The lowest BCUT2D eigenvalue weighted by molar-refractivity contribution is 0.0601. The Balaban J connectivity index is 2.42. The summed E-state index contributed by atoms with van der Waals surface area (Å²) in [6, 6.07) is 12.7. The van der Waals surface area contributed by atoms with Crippen LogP contribution in [0.3, 0.4) is 0 Å².